The number of halogens is 1. The number of aliphatic hydroxyl groups is 1. The van der Waals surface area contributed by atoms with Gasteiger partial charge in [-0.25, -0.2) is 4.39 Å². The fraction of sp³-hybridized carbons (Fsp3) is 0.214. The van der Waals surface area contributed by atoms with Crippen LogP contribution in [0.15, 0.2) is 84.4 Å². The molecule has 4 rings (SSSR count). The van der Waals surface area contributed by atoms with E-state index < -0.39 is 17.7 Å². The Morgan fingerprint density at radius 2 is 1.71 bits per heavy atom. The predicted octanol–water partition coefficient (Wildman–Crippen LogP) is 5.28. The third kappa shape index (κ3) is 4.86. The lowest BCUT2D eigenvalue weighted by molar-refractivity contribution is -0.139. The second-order valence-electron chi connectivity index (χ2n) is 8.47. The van der Waals surface area contributed by atoms with Crippen LogP contribution in [0.4, 0.5) is 4.39 Å². The molecule has 0 aliphatic carbocycles. The quantitative estimate of drug-likeness (QED) is 0.297. The first-order valence-electron chi connectivity index (χ1n) is 11.2. The summed E-state index contributed by atoms with van der Waals surface area (Å²) in [4.78, 5) is 27.7. The molecular weight excluding hydrogens is 433 g/mol. The van der Waals surface area contributed by atoms with Crippen LogP contribution in [-0.4, -0.2) is 34.3 Å². The number of benzene rings is 3. The molecule has 1 aliphatic heterocycles. The van der Waals surface area contributed by atoms with Gasteiger partial charge in [0.2, 0.25) is 0 Å². The molecule has 34 heavy (non-hydrogen) atoms. The summed E-state index contributed by atoms with van der Waals surface area (Å²) in [5.41, 5.74) is 2.00. The van der Waals surface area contributed by atoms with Crippen molar-refractivity contribution in [1.82, 2.24) is 4.90 Å². The van der Waals surface area contributed by atoms with E-state index in [1.54, 1.807) is 36.4 Å². The van der Waals surface area contributed by atoms with Crippen LogP contribution < -0.4 is 4.74 Å². The normalized spacial score (nSPS) is 17.4. The van der Waals surface area contributed by atoms with Gasteiger partial charge >= 0.3 is 0 Å². The highest BCUT2D eigenvalue weighted by molar-refractivity contribution is 6.46. The minimum Gasteiger partial charge on any atom is -0.507 e. The van der Waals surface area contributed by atoms with Gasteiger partial charge < -0.3 is 14.7 Å². The van der Waals surface area contributed by atoms with Crippen molar-refractivity contribution in [3.63, 3.8) is 0 Å². The number of likely N-dealkylation sites (tertiary alicyclic amines) is 1. The van der Waals surface area contributed by atoms with Gasteiger partial charge in [-0.15, -0.1) is 0 Å². The molecule has 0 spiro atoms. The molecular formula is C28H26FNO4. The zero-order chi connectivity index (χ0) is 24.2. The van der Waals surface area contributed by atoms with Gasteiger partial charge in [0.15, 0.2) is 0 Å². The molecule has 1 N–H and O–H groups in total. The second kappa shape index (κ2) is 9.91. The number of rotatable bonds is 7. The smallest absolute Gasteiger partial charge is 0.295 e. The molecule has 5 nitrogen and oxygen atoms in total. The first-order valence-corrected chi connectivity index (χ1v) is 11.2. The topological polar surface area (TPSA) is 66.8 Å². The molecule has 0 bridgehead atoms. The minimum atomic E-state index is -0.740. The number of Topliss-reactive ketones (excluding diaryl/α,β-unsaturated/α-hetero) is 1. The maximum atomic E-state index is 13.3. The highest BCUT2D eigenvalue weighted by Gasteiger charge is 2.45. The lowest BCUT2D eigenvalue weighted by atomic mass is 9.95. The van der Waals surface area contributed by atoms with Crippen LogP contribution in [-0.2, 0) is 16.0 Å². The van der Waals surface area contributed by atoms with Gasteiger partial charge in [-0.05, 0) is 55.7 Å². The molecule has 1 atom stereocenters. The zero-order valence-corrected chi connectivity index (χ0v) is 19.1. The maximum Gasteiger partial charge on any atom is 0.295 e. The van der Waals surface area contributed by atoms with E-state index in [1.807, 2.05) is 44.2 Å². The number of ketones is 1. The summed E-state index contributed by atoms with van der Waals surface area (Å²) in [7, 11) is 0. The first kappa shape index (κ1) is 23.2. The van der Waals surface area contributed by atoms with Crippen molar-refractivity contribution in [3.8, 4) is 5.75 Å². The van der Waals surface area contributed by atoms with E-state index in [-0.39, 0.29) is 29.8 Å². The molecule has 0 aromatic heterocycles. The Hall–Kier alpha value is -3.93. The Morgan fingerprint density at radius 1 is 1.00 bits per heavy atom. The summed E-state index contributed by atoms with van der Waals surface area (Å²) in [6.07, 6.45) is 0.382. The molecule has 1 unspecified atom stereocenters. The van der Waals surface area contributed by atoms with E-state index >= 15 is 0 Å². The highest BCUT2D eigenvalue weighted by atomic mass is 19.1. The molecule has 1 amide bonds. The molecule has 1 saturated heterocycles. The van der Waals surface area contributed by atoms with Gasteiger partial charge in [-0.1, -0.05) is 54.6 Å². The summed E-state index contributed by atoms with van der Waals surface area (Å²) in [6.45, 7) is 4.03. The standard InChI is InChI=1S/C28H26FNO4/c1-18(2)34-23-10-6-9-21(17-23)26(31)24-25(20-7-4-3-5-8-20)30(28(33)27(24)32)16-15-19-11-13-22(29)14-12-19/h3-14,17-18,25,31H,15-16H2,1-2H3/b26-24-. The molecule has 3 aromatic rings. The van der Waals surface area contributed by atoms with Crippen molar-refractivity contribution in [2.24, 2.45) is 0 Å². The molecule has 0 radical (unpaired) electrons. The number of amides is 1. The average Bonchev–Trinajstić information content (AvgIpc) is 3.08. The van der Waals surface area contributed by atoms with Crippen LogP contribution in [0.25, 0.3) is 5.76 Å². The molecule has 0 saturated carbocycles. The molecule has 1 heterocycles. The van der Waals surface area contributed by atoms with Crippen molar-refractivity contribution < 1.29 is 23.8 Å². The van der Waals surface area contributed by atoms with Gasteiger partial charge in [0, 0.05) is 12.1 Å². The van der Waals surface area contributed by atoms with Gasteiger partial charge in [0.1, 0.15) is 17.3 Å². The number of nitrogens with zero attached hydrogens (tertiary/aromatic N) is 1. The van der Waals surface area contributed by atoms with E-state index in [2.05, 4.69) is 0 Å². The van der Waals surface area contributed by atoms with Gasteiger partial charge in [-0.2, -0.15) is 0 Å². The lowest BCUT2D eigenvalue weighted by Crippen LogP contribution is -2.31. The van der Waals surface area contributed by atoms with Crippen molar-refractivity contribution in [3.05, 3.63) is 107 Å². The third-order valence-electron chi connectivity index (χ3n) is 5.69. The molecule has 6 heteroatoms. The molecule has 3 aromatic carbocycles. The van der Waals surface area contributed by atoms with Gasteiger partial charge in [0.25, 0.3) is 11.7 Å². The van der Waals surface area contributed by atoms with E-state index in [1.165, 1.54) is 17.0 Å². The van der Waals surface area contributed by atoms with Crippen molar-refractivity contribution in [2.75, 3.05) is 6.54 Å². The Bertz CT molecular complexity index is 1220. The summed E-state index contributed by atoms with van der Waals surface area (Å²) >= 11 is 0. The third-order valence-corrected chi connectivity index (χ3v) is 5.69. The fourth-order valence-electron chi connectivity index (χ4n) is 4.14. The van der Waals surface area contributed by atoms with E-state index in [4.69, 9.17) is 4.74 Å². The largest absolute Gasteiger partial charge is 0.507 e. The SMILES string of the molecule is CC(C)Oc1cccc(/C(O)=C2/C(=O)C(=O)N(CCc3ccc(F)cc3)C2c2ccccc2)c1. The van der Waals surface area contributed by atoms with Crippen LogP contribution in [0, 0.1) is 5.82 Å². The Kier molecular flexibility index (Phi) is 6.77. The number of carbonyl (C=O) groups is 2. The minimum absolute atomic E-state index is 0.0389. The van der Waals surface area contributed by atoms with Gasteiger partial charge in [0.05, 0.1) is 17.7 Å². The van der Waals surface area contributed by atoms with E-state index in [9.17, 15) is 19.1 Å². The molecule has 1 aliphatic rings. The predicted molar refractivity (Wildman–Crippen MR) is 128 cm³/mol. The van der Waals surface area contributed by atoms with Crippen molar-refractivity contribution >= 4 is 17.4 Å². The number of hydrogen-bond donors (Lipinski definition) is 1. The second-order valence-corrected chi connectivity index (χ2v) is 8.47. The Balaban J connectivity index is 1.74. The Morgan fingerprint density at radius 3 is 2.38 bits per heavy atom. The average molecular weight is 460 g/mol. The summed E-state index contributed by atoms with van der Waals surface area (Å²) in [6, 6.07) is 21.3. The van der Waals surface area contributed by atoms with E-state index in [0.717, 1.165) is 11.1 Å². The van der Waals surface area contributed by atoms with Gasteiger partial charge in [-0.3, -0.25) is 9.59 Å². The molecule has 1 fully saturated rings. The van der Waals surface area contributed by atoms with Crippen molar-refractivity contribution in [1.29, 1.82) is 0 Å². The number of aliphatic hydroxyl groups excluding tert-OH is 1. The fourth-order valence-corrected chi connectivity index (χ4v) is 4.14. The van der Waals surface area contributed by atoms with Crippen LogP contribution >= 0.6 is 0 Å². The zero-order valence-electron chi connectivity index (χ0n) is 19.1. The highest BCUT2D eigenvalue weighted by Crippen LogP contribution is 2.39. The first-order chi connectivity index (χ1) is 16.3. The summed E-state index contributed by atoms with van der Waals surface area (Å²) < 4.78 is 19.0. The summed E-state index contributed by atoms with van der Waals surface area (Å²) in [5.74, 6) is -1.43. The molecule has 174 valence electrons. The number of carbonyl (C=O) groups excluding carboxylic acids is 2. The summed E-state index contributed by atoms with van der Waals surface area (Å²) in [5, 5.41) is 11.2. The van der Waals surface area contributed by atoms with Crippen LogP contribution in [0.1, 0.15) is 36.6 Å². The van der Waals surface area contributed by atoms with Crippen molar-refractivity contribution in [2.45, 2.75) is 32.4 Å². The maximum absolute atomic E-state index is 13.3. The number of hydrogen-bond acceptors (Lipinski definition) is 4. The van der Waals surface area contributed by atoms with Crippen LogP contribution in [0.3, 0.4) is 0 Å². The van der Waals surface area contributed by atoms with E-state index in [0.29, 0.717) is 17.7 Å². The number of ether oxygens (including phenoxy) is 1. The monoisotopic (exact) mass is 459 g/mol. The lowest BCUT2D eigenvalue weighted by Gasteiger charge is -2.25. The Labute approximate surface area is 198 Å². The van der Waals surface area contributed by atoms with Crippen LogP contribution in [0.2, 0.25) is 0 Å². The van der Waals surface area contributed by atoms with Crippen LogP contribution in [0.5, 0.6) is 5.75 Å².